The Hall–Kier alpha value is -1.58. The monoisotopic (exact) mass is 268 g/mol. The van der Waals surface area contributed by atoms with E-state index in [4.69, 9.17) is 11.2 Å². The minimum atomic E-state index is -0.309. The van der Waals surface area contributed by atoms with E-state index in [0.717, 1.165) is 0 Å². The Morgan fingerprint density at radius 3 is 3.00 bits per heavy atom. The SMILES string of the molecule is C#CCNC(=O)C(C)N1CCOC(CC(=O)OC)C1. The fourth-order valence-electron chi connectivity index (χ4n) is 1.94. The molecule has 1 fully saturated rings. The van der Waals surface area contributed by atoms with Gasteiger partial charge < -0.3 is 14.8 Å². The second kappa shape index (κ2) is 7.77. The van der Waals surface area contributed by atoms with Crippen molar-refractivity contribution in [1.82, 2.24) is 10.2 Å². The van der Waals surface area contributed by atoms with Crippen LogP contribution in [0.3, 0.4) is 0 Å². The summed E-state index contributed by atoms with van der Waals surface area (Å²) in [4.78, 5) is 25.0. The van der Waals surface area contributed by atoms with Crippen molar-refractivity contribution in [1.29, 1.82) is 0 Å². The van der Waals surface area contributed by atoms with E-state index < -0.39 is 0 Å². The van der Waals surface area contributed by atoms with Crippen molar-refractivity contribution in [3.8, 4) is 12.3 Å². The number of amides is 1. The van der Waals surface area contributed by atoms with Crippen LogP contribution in [0.1, 0.15) is 13.3 Å². The number of methoxy groups -OCH3 is 1. The van der Waals surface area contributed by atoms with Gasteiger partial charge in [-0.1, -0.05) is 5.92 Å². The Labute approximate surface area is 113 Å². The average molecular weight is 268 g/mol. The number of esters is 1. The summed E-state index contributed by atoms with van der Waals surface area (Å²) in [5.74, 6) is 1.94. The summed E-state index contributed by atoms with van der Waals surface area (Å²) in [6, 6.07) is -0.294. The van der Waals surface area contributed by atoms with Crippen molar-refractivity contribution in [3.63, 3.8) is 0 Å². The number of ether oxygens (including phenoxy) is 2. The van der Waals surface area contributed by atoms with E-state index in [0.29, 0.717) is 19.7 Å². The molecule has 1 aliphatic rings. The molecule has 19 heavy (non-hydrogen) atoms. The van der Waals surface area contributed by atoms with Crippen LogP contribution >= 0.6 is 0 Å². The molecule has 0 bridgehead atoms. The number of carbonyl (C=O) groups excluding carboxylic acids is 2. The fraction of sp³-hybridized carbons (Fsp3) is 0.692. The van der Waals surface area contributed by atoms with Gasteiger partial charge in [-0.3, -0.25) is 14.5 Å². The van der Waals surface area contributed by atoms with Crippen LogP contribution in [0.4, 0.5) is 0 Å². The smallest absolute Gasteiger partial charge is 0.308 e. The lowest BCUT2D eigenvalue weighted by Gasteiger charge is -2.35. The van der Waals surface area contributed by atoms with E-state index in [1.165, 1.54) is 7.11 Å². The van der Waals surface area contributed by atoms with Crippen LogP contribution in [-0.4, -0.2) is 62.3 Å². The Bertz CT molecular complexity index is 364. The second-order valence-electron chi connectivity index (χ2n) is 4.37. The number of rotatable bonds is 5. The predicted molar refractivity (Wildman–Crippen MR) is 69.3 cm³/mol. The standard InChI is InChI=1S/C13H20N2O4/c1-4-5-14-13(17)10(2)15-6-7-19-11(9-15)8-12(16)18-3/h1,10-11H,5-9H2,2-3H3,(H,14,17). The summed E-state index contributed by atoms with van der Waals surface area (Å²) in [6.45, 7) is 3.71. The van der Waals surface area contributed by atoms with Crippen molar-refractivity contribution in [3.05, 3.63) is 0 Å². The quantitative estimate of drug-likeness (QED) is 0.532. The van der Waals surface area contributed by atoms with Crippen molar-refractivity contribution >= 4 is 11.9 Å². The number of carbonyl (C=O) groups is 2. The maximum atomic E-state index is 11.8. The molecular formula is C13H20N2O4. The first-order valence-corrected chi connectivity index (χ1v) is 6.22. The van der Waals surface area contributed by atoms with Gasteiger partial charge in [-0.2, -0.15) is 0 Å². The van der Waals surface area contributed by atoms with E-state index in [9.17, 15) is 9.59 Å². The molecule has 0 aromatic carbocycles. The van der Waals surface area contributed by atoms with Crippen molar-refractivity contribution < 1.29 is 19.1 Å². The number of hydrogen-bond donors (Lipinski definition) is 1. The van der Waals surface area contributed by atoms with Gasteiger partial charge in [-0.15, -0.1) is 6.42 Å². The minimum Gasteiger partial charge on any atom is -0.469 e. The van der Waals surface area contributed by atoms with Crippen molar-refractivity contribution in [2.75, 3.05) is 33.4 Å². The van der Waals surface area contributed by atoms with Gasteiger partial charge in [-0.25, -0.2) is 0 Å². The highest BCUT2D eigenvalue weighted by Gasteiger charge is 2.29. The van der Waals surface area contributed by atoms with Gasteiger partial charge >= 0.3 is 5.97 Å². The average Bonchev–Trinajstić information content (AvgIpc) is 2.44. The van der Waals surface area contributed by atoms with Gasteiger partial charge in [0.2, 0.25) is 5.91 Å². The zero-order chi connectivity index (χ0) is 14.3. The fourth-order valence-corrected chi connectivity index (χ4v) is 1.94. The van der Waals surface area contributed by atoms with Gasteiger partial charge in [0.25, 0.3) is 0 Å². The molecule has 6 nitrogen and oxygen atoms in total. The Balaban J connectivity index is 2.47. The summed E-state index contributed by atoms with van der Waals surface area (Å²) in [5.41, 5.74) is 0. The molecule has 1 rings (SSSR count). The Morgan fingerprint density at radius 1 is 1.63 bits per heavy atom. The third-order valence-electron chi connectivity index (χ3n) is 3.08. The van der Waals surface area contributed by atoms with Gasteiger partial charge in [-0.05, 0) is 6.92 Å². The number of nitrogens with zero attached hydrogens (tertiary/aromatic N) is 1. The summed E-state index contributed by atoms with van der Waals surface area (Å²) in [6.07, 6.45) is 5.07. The molecule has 2 atom stereocenters. The molecule has 0 saturated carbocycles. The highest BCUT2D eigenvalue weighted by Crippen LogP contribution is 2.12. The molecular weight excluding hydrogens is 248 g/mol. The molecule has 0 aliphatic carbocycles. The molecule has 0 aromatic rings. The molecule has 106 valence electrons. The van der Waals surface area contributed by atoms with Crippen LogP contribution in [-0.2, 0) is 19.1 Å². The molecule has 1 heterocycles. The first-order valence-electron chi connectivity index (χ1n) is 6.22. The third-order valence-corrected chi connectivity index (χ3v) is 3.08. The minimum absolute atomic E-state index is 0.114. The number of nitrogens with one attached hydrogen (secondary N) is 1. The van der Waals surface area contributed by atoms with E-state index in [1.807, 2.05) is 11.8 Å². The molecule has 2 unspecified atom stereocenters. The van der Waals surface area contributed by atoms with Gasteiger partial charge in [0.15, 0.2) is 0 Å². The van der Waals surface area contributed by atoms with E-state index in [-0.39, 0.29) is 37.0 Å². The maximum Gasteiger partial charge on any atom is 0.308 e. The van der Waals surface area contributed by atoms with Crippen LogP contribution in [0.2, 0.25) is 0 Å². The molecule has 6 heteroatoms. The molecule has 1 amide bonds. The van der Waals surface area contributed by atoms with E-state index >= 15 is 0 Å². The summed E-state index contributed by atoms with van der Waals surface area (Å²) >= 11 is 0. The Kier molecular flexibility index (Phi) is 6.33. The van der Waals surface area contributed by atoms with Crippen LogP contribution in [0.5, 0.6) is 0 Å². The molecule has 1 aliphatic heterocycles. The molecule has 0 radical (unpaired) electrons. The lowest BCUT2D eigenvalue weighted by Crippen LogP contribution is -2.52. The highest BCUT2D eigenvalue weighted by atomic mass is 16.5. The third kappa shape index (κ3) is 4.89. The summed E-state index contributed by atoms with van der Waals surface area (Å²) in [7, 11) is 1.35. The van der Waals surface area contributed by atoms with Crippen LogP contribution in [0, 0.1) is 12.3 Å². The molecule has 1 N–H and O–H groups in total. The second-order valence-corrected chi connectivity index (χ2v) is 4.37. The zero-order valence-corrected chi connectivity index (χ0v) is 11.3. The van der Waals surface area contributed by atoms with Gasteiger partial charge in [0.1, 0.15) is 0 Å². The molecule has 1 saturated heterocycles. The summed E-state index contributed by atoms with van der Waals surface area (Å²) < 4.78 is 10.1. The van der Waals surface area contributed by atoms with E-state index in [2.05, 4.69) is 16.0 Å². The normalized spacial score (nSPS) is 21.2. The molecule has 0 aromatic heterocycles. The molecule has 0 spiro atoms. The first kappa shape index (κ1) is 15.5. The van der Waals surface area contributed by atoms with Crippen LogP contribution in [0.25, 0.3) is 0 Å². The topological polar surface area (TPSA) is 67.9 Å². The van der Waals surface area contributed by atoms with Crippen LogP contribution in [0.15, 0.2) is 0 Å². The number of terminal acetylenes is 1. The van der Waals surface area contributed by atoms with Crippen LogP contribution < -0.4 is 5.32 Å². The highest BCUT2D eigenvalue weighted by molar-refractivity contribution is 5.81. The first-order chi connectivity index (χ1) is 9.08. The Morgan fingerprint density at radius 2 is 2.37 bits per heavy atom. The largest absolute Gasteiger partial charge is 0.469 e. The lowest BCUT2D eigenvalue weighted by atomic mass is 10.1. The van der Waals surface area contributed by atoms with E-state index in [1.54, 1.807) is 0 Å². The van der Waals surface area contributed by atoms with Crippen molar-refractivity contribution in [2.45, 2.75) is 25.5 Å². The lowest BCUT2D eigenvalue weighted by molar-refractivity contribution is -0.146. The van der Waals surface area contributed by atoms with Crippen molar-refractivity contribution in [2.24, 2.45) is 0 Å². The number of hydrogen-bond acceptors (Lipinski definition) is 5. The zero-order valence-electron chi connectivity index (χ0n) is 11.3. The summed E-state index contributed by atoms with van der Waals surface area (Å²) in [5, 5.41) is 2.65. The van der Waals surface area contributed by atoms with Gasteiger partial charge in [0.05, 0.1) is 38.8 Å². The maximum absolute atomic E-state index is 11.8. The number of morpholine rings is 1. The predicted octanol–water partition coefficient (Wildman–Crippen LogP) is -0.612. The van der Waals surface area contributed by atoms with Gasteiger partial charge in [0, 0.05) is 13.1 Å².